The summed E-state index contributed by atoms with van der Waals surface area (Å²) in [4.78, 5) is 2.29. The fourth-order valence-corrected chi connectivity index (χ4v) is 2.68. The minimum Gasteiger partial charge on any atom is -0.303 e. The lowest BCUT2D eigenvalue weighted by molar-refractivity contribution is 0.176. The van der Waals surface area contributed by atoms with Crippen molar-refractivity contribution < 1.29 is 4.21 Å². The third kappa shape index (κ3) is 2.28. The minimum absolute atomic E-state index is 0.435. The van der Waals surface area contributed by atoms with Crippen molar-refractivity contribution in [3.63, 3.8) is 0 Å². The van der Waals surface area contributed by atoms with E-state index in [0.717, 1.165) is 25.4 Å². The van der Waals surface area contributed by atoms with Crippen molar-refractivity contribution >= 4 is 11.0 Å². The standard InChI is InChI=1S/C8H18N2OS/c1-4-12(11)10-6-5-9(3)7-8(10)2/h8H,4-7H2,1-3H3. The third-order valence-corrected chi connectivity index (χ3v) is 3.84. The number of rotatable bonds is 2. The van der Waals surface area contributed by atoms with Gasteiger partial charge in [0.2, 0.25) is 0 Å². The molecular formula is C8H18N2OS. The molecule has 0 amide bonds. The zero-order valence-corrected chi connectivity index (χ0v) is 8.93. The number of nitrogens with zero attached hydrogens (tertiary/aromatic N) is 2. The van der Waals surface area contributed by atoms with Crippen molar-refractivity contribution in [3.8, 4) is 0 Å². The molecule has 1 heterocycles. The highest BCUT2D eigenvalue weighted by Crippen LogP contribution is 2.10. The van der Waals surface area contributed by atoms with Gasteiger partial charge in [-0.1, -0.05) is 6.92 Å². The SMILES string of the molecule is CCS(=O)N1CCN(C)CC1C. The average molecular weight is 190 g/mol. The van der Waals surface area contributed by atoms with Gasteiger partial charge >= 0.3 is 0 Å². The number of hydrogen-bond acceptors (Lipinski definition) is 2. The third-order valence-electron chi connectivity index (χ3n) is 2.28. The first-order valence-electron chi connectivity index (χ1n) is 4.48. The van der Waals surface area contributed by atoms with Crippen LogP contribution in [0.5, 0.6) is 0 Å². The van der Waals surface area contributed by atoms with Crippen molar-refractivity contribution in [2.75, 3.05) is 32.4 Å². The molecule has 4 heteroatoms. The molecule has 1 saturated heterocycles. The van der Waals surface area contributed by atoms with Crippen LogP contribution in [0.3, 0.4) is 0 Å². The van der Waals surface area contributed by atoms with E-state index in [0.29, 0.717) is 6.04 Å². The van der Waals surface area contributed by atoms with Crippen LogP contribution >= 0.6 is 0 Å². The van der Waals surface area contributed by atoms with Crippen LogP contribution < -0.4 is 0 Å². The molecule has 0 aromatic carbocycles. The topological polar surface area (TPSA) is 23.6 Å². The van der Waals surface area contributed by atoms with Crippen molar-refractivity contribution in [1.29, 1.82) is 0 Å². The predicted octanol–water partition coefficient (Wildman–Crippen LogP) is 0.306. The Bertz CT molecular complexity index is 174. The Morgan fingerprint density at radius 2 is 2.17 bits per heavy atom. The maximum absolute atomic E-state index is 11.5. The first kappa shape index (κ1) is 10.2. The van der Waals surface area contributed by atoms with E-state index in [2.05, 4.69) is 23.2 Å². The van der Waals surface area contributed by atoms with Crippen molar-refractivity contribution in [2.24, 2.45) is 0 Å². The quantitative estimate of drug-likeness (QED) is 0.625. The van der Waals surface area contributed by atoms with E-state index < -0.39 is 11.0 Å². The molecule has 0 spiro atoms. The van der Waals surface area contributed by atoms with Gasteiger partial charge in [-0.15, -0.1) is 0 Å². The molecule has 0 aliphatic carbocycles. The zero-order chi connectivity index (χ0) is 9.14. The molecule has 0 radical (unpaired) electrons. The smallest absolute Gasteiger partial charge is 0.0943 e. The van der Waals surface area contributed by atoms with Crippen LogP contribution in [-0.4, -0.2) is 51.9 Å². The van der Waals surface area contributed by atoms with E-state index >= 15 is 0 Å². The van der Waals surface area contributed by atoms with Crippen molar-refractivity contribution in [2.45, 2.75) is 19.9 Å². The molecule has 1 rings (SSSR count). The molecule has 72 valence electrons. The van der Waals surface area contributed by atoms with E-state index in [1.165, 1.54) is 0 Å². The number of likely N-dealkylation sites (N-methyl/N-ethyl adjacent to an activating group) is 1. The Labute approximate surface area is 77.3 Å². The minimum atomic E-state index is -0.752. The Morgan fingerprint density at radius 1 is 1.50 bits per heavy atom. The maximum atomic E-state index is 11.5. The lowest BCUT2D eigenvalue weighted by atomic mass is 10.2. The highest BCUT2D eigenvalue weighted by atomic mass is 32.2. The maximum Gasteiger partial charge on any atom is 0.0943 e. The number of piperazine rings is 1. The predicted molar refractivity (Wildman–Crippen MR) is 52.3 cm³/mol. The fourth-order valence-electron chi connectivity index (χ4n) is 1.59. The first-order valence-corrected chi connectivity index (χ1v) is 5.76. The summed E-state index contributed by atoms with van der Waals surface area (Å²) in [5.41, 5.74) is 0. The summed E-state index contributed by atoms with van der Waals surface area (Å²) in [6, 6.07) is 0.435. The van der Waals surface area contributed by atoms with Crippen LogP contribution in [0, 0.1) is 0 Å². The molecule has 1 fully saturated rings. The van der Waals surface area contributed by atoms with Crippen molar-refractivity contribution in [3.05, 3.63) is 0 Å². The van der Waals surface area contributed by atoms with Gasteiger partial charge in [-0.05, 0) is 14.0 Å². The Balaban J connectivity index is 2.50. The van der Waals surface area contributed by atoms with Crippen LogP contribution in [0.25, 0.3) is 0 Å². The van der Waals surface area contributed by atoms with Crippen LogP contribution in [0.4, 0.5) is 0 Å². The molecule has 0 bridgehead atoms. The summed E-state index contributed by atoms with van der Waals surface area (Å²) in [5.74, 6) is 0.744. The Morgan fingerprint density at radius 3 is 2.67 bits per heavy atom. The first-order chi connectivity index (χ1) is 5.65. The van der Waals surface area contributed by atoms with E-state index in [4.69, 9.17) is 0 Å². The monoisotopic (exact) mass is 190 g/mol. The van der Waals surface area contributed by atoms with E-state index in [1.54, 1.807) is 0 Å². The molecule has 2 atom stereocenters. The van der Waals surface area contributed by atoms with Gasteiger partial charge in [0.05, 0.1) is 11.0 Å². The Kier molecular flexibility index (Phi) is 3.68. The van der Waals surface area contributed by atoms with Gasteiger partial charge in [0.1, 0.15) is 0 Å². The molecule has 3 nitrogen and oxygen atoms in total. The van der Waals surface area contributed by atoms with Gasteiger partial charge in [0.25, 0.3) is 0 Å². The van der Waals surface area contributed by atoms with Gasteiger partial charge in [0, 0.05) is 31.4 Å². The molecule has 0 saturated carbocycles. The lowest BCUT2D eigenvalue weighted by Gasteiger charge is -2.36. The number of hydrogen-bond donors (Lipinski definition) is 0. The van der Waals surface area contributed by atoms with Crippen LogP contribution in [0.15, 0.2) is 0 Å². The normalized spacial score (nSPS) is 30.4. The molecule has 12 heavy (non-hydrogen) atoms. The molecule has 1 aliphatic rings. The zero-order valence-electron chi connectivity index (χ0n) is 8.12. The van der Waals surface area contributed by atoms with Gasteiger partial charge in [-0.25, -0.2) is 8.51 Å². The van der Waals surface area contributed by atoms with Crippen LogP contribution in [0.1, 0.15) is 13.8 Å². The fraction of sp³-hybridized carbons (Fsp3) is 1.00. The molecule has 2 unspecified atom stereocenters. The second-order valence-electron chi connectivity index (χ2n) is 3.36. The van der Waals surface area contributed by atoms with E-state index in [-0.39, 0.29) is 0 Å². The van der Waals surface area contributed by atoms with Gasteiger partial charge < -0.3 is 4.90 Å². The highest BCUT2D eigenvalue weighted by Gasteiger charge is 2.24. The summed E-state index contributed by atoms with van der Waals surface area (Å²) in [5, 5.41) is 0. The van der Waals surface area contributed by atoms with E-state index in [9.17, 15) is 4.21 Å². The summed E-state index contributed by atoms with van der Waals surface area (Å²) >= 11 is 0. The summed E-state index contributed by atoms with van der Waals surface area (Å²) in [6.07, 6.45) is 0. The summed E-state index contributed by atoms with van der Waals surface area (Å²) in [7, 11) is 1.36. The summed E-state index contributed by atoms with van der Waals surface area (Å²) in [6.45, 7) is 7.13. The largest absolute Gasteiger partial charge is 0.303 e. The highest BCUT2D eigenvalue weighted by molar-refractivity contribution is 7.82. The van der Waals surface area contributed by atoms with E-state index in [1.807, 2.05) is 6.92 Å². The second kappa shape index (κ2) is 4.35. The average Bonchev–Trinajstić information content (AvgIpc) is 2.03. The van der Waals surface area contributed by atoms with Gasteiger partial charge in [-0.2, -0.15) is 0 Å². The van der Waals surface area contributed by atoms with Crippen LogP contribution in [0.2, 0.25) is 0 Å². The summed E-state index contributed by atoms with van der Waals surface area (Å²) < 4.78 is 13.6. The molecule has 0 aromatic rings. The van der Waals surface area contributed by atoms with Crippen LogP contribution in [-0.2, 0) is 11.0 Å². The van der Waals surface area contributed by atoms with Gasteiger partial charge in [-0.3, -0.25) is 0 Å². The van der Waals surface area contributed by atoms with Gasteiger partial charge in [0.15, 0.2) is 0 Å². The molecule has 0 aromatic heterocycles. The second-order valence-corrected chi connectivity index (χ2v) is 5.05. The molecule has 0 N–H and O–H groups in total. The Hall–Kier alpha value is 0.0700. The molecular weight excluding hydrogens is 172 g/mol. The lowest BCUT2D eigenvalue weighted by Crippen LogP contribution is -2.51. The molecule has 1 aliphatic heterocycles. The van der Waals surface area contributed by atoms with Crippen molar-refractivity contribution in [1.82, 2.24) is 9.21 Å².